The van der Waals surface area contributed by atoms with Crippen molar-refractivity contribution >= 4 is 23.7 Å². The summed E-state index contributed by atoms with van der Waals surface area (Å²) in [5.41, 5.74) is 0.390. The zero-order valence-corrected chi connectivity index (χ0v) is 15.1. The number of hydrogen-bond donors (Lipinski definition) is 1. The smallest absolute Gasteiger partial charge is 0.322 e. The summed E-state index contributed by atoms with van der Waals surface area (Å²) in [6.45, 7) is 0. The Morgan fingerprint density at radius 1 is 1.08 bits per heavy atom. The van der Waals surface area contributed by atoms with Gasteiger partial charge >= 0.3 is 6.01 Å². The highest BCUT2D eigenvalue weighted by Crippen LogP contribution is 2.28. The van der Waals surface area contributed by atoms with Crippen LogP contribution in [-0.4, -0.2) is 30.3 Å². The number of carbonyl (C=O) groups excluding carboxylic acids is 1. The highest BCUT2D eigenvalue weighted by atomic mass is 32.2. The van der Waals surface area contributed by atoms with Crippen molar-refractivity contribution in [2.24, 2.45) is 0 Å². The van der Waals surface area contributed by atoms with Crippen LogP contribution in [0.15, 0.2) is 57.8 Å². The molecule has 8 heteroatoms. The van der Waals surface area contributed by atoms with E-state index in [1.54, 1.807) is 30.0 Å². The molecule has 3 rings (SSSR count). The Labute approximate surface area is 154 Å². The van der Waals surface area contributed by atoms with E-state index in [9.17, 15) is 4.79 Å². The van der Waals surface area contributed by atoms with E-state index in [-0.39, 0.29) is 11.9 Å². The molecule has 2 aromatic carbocycles. The molecule has 0 aliphatic heterocycles. The molecule has 1 amide bonds. The highest BCUT2D eigenvalue weighted by Gasteiger charge is 2.14. The predicted octanol–water partition coefficient (Wildman–Crippen LogP) is 3.63. The summed E-state index contributed by atoms with van der Waals surface area (Å²) >= 11 is 1.57. The molecule has 1 aromatic heterocycles. The average molecular weight is 371 g/mol. The van der Waals surface area contributed by atoms with Gasteiger partial charge in [-0.05, 0) is 30.3 Å². The third-order valence-electron chi connectivity index (χ3n) is 3.44. The number of amides is 1. The maximum absolute atomic E-state index is 12.3. The van der Waals surface area contributed by atoms with Crippen molar-refractivity contribution in [2.45, 2.75) is 10.6 Å². The van der Waals surface area contributed by atoms with Crippen LogP contribution in [-0.2, 0) is 5.75 Å². The van der Waals surface area contributed by atoms with Gasteiger partial charge in [0.2, 0.25) is 5.89 Å². The third-order valence-corrected chi connectivity index (χ3v) is 4.44. The largest absolute Gasteiger partial charge is 0.493 e. The van der Waals surface area contributed by atoms with Crippen molar-refractivity contribution < 1.29 is 18.7 Å². The van der Waals surface area contributed by atoms with E-state index in [1.165, 1.54) is 14.2 Å². The van der Waals surface area contributed by atoms with Gasteiger partial charge in [0.1, 0.15) is 0 Å². The first-order valence-corrected chi connectivity index (χ1v) is 8.71. The lowest BCUT2D eigenvalue weighted by atomic mass is 10.2. The summed E-state index contributed by atoms with van der Waals surface area (Å²) in [7, 11) is 3.04. The van der Waals surface area contributed by atoms with E-state index in [0.717, 1.165) is 4.90 Å². The summed E-state index contributed by atoms with van der Waals surface area (Å²) in [6.07, 6.45) is 0. The molecule has 1 heterocycles. The second-order valence-corrected chi connectivity index (χ2v) is 6.18. The van der Waals surface area contributed by atoms with Crippen LogP contribution in [0.4, 0.5) is 6.01 Å². The lowest BCUT2D eigenvalue weighted by Crippen LogP contribution is -2.12. The normalized spacial score (nSPS) is 10.4. The molecule has 7 nitrogen and oxygen atoms in total. The number of hydrogen-bond acceptors (Lipinski definition) is 7. The second-order valence-electron chi connectivity index (χ2n) is 5.13. The van der Waals surface area contributed by atoms with Gasteiger partial charge in [-0.25, -0.2) is 0 Å². The fourth-order valence-corrected chi connectivity index (χ4v) is 2.93. The van der Waals surface area contributed by atoms with Gasteiger partial charge in [0.05, 0.1) is 20.0 Å². The SMILES string of the molecule is COc1ccc(C(=O)Nc2nnc(CSc3ccccc3)o2)cc1OC. The minimum atomic E-state index is -0.378. The van der Waals surface area contributed by atoms with Crippen LogP contribution in [0.5, 0.6) is 11.5 Å². The summed E-state index contributed by atoms with van der Waals surface area (Å²) in [5, 5.41) is 10.4. The molecule has 0 spiro atoms. The van der Waals surface area contributed by atoms with Crippen LogP contribution < -0.4 is 14.8 Å². The average Bonchev–Trinajstić information content (AvgIpc) is 3.13. The maximum Gasteiger partial charge on any atom is 0.322 e. The summed E-state index contributed by atoms with van der Waals surface area (Å²) in [5.74, 6) is 1.58. The monoisotopic (exact) mass is 371 g/mol. The van der Waals surface area contributed by atoms with Gasteiger partial charge in [0.15, 0.2) is 11.5 Å². The van der Waals surface area contributed by atoms with Crippen LogP contribution in [0, 0.1) is 0 Å². The first-order valence-electron chi connectivity index (χ1n) is 7.73. The number of rotatable bonds is 7. The summed E-state index contributed by atoms with van der Waals surface area (Å²) < 4.78 is 15.8. The molecule has 134 valence electrons. The number of nitrogens with one attached hydrogen (secondary N) is 1. The first kappa shape index (κ1) is 17.8. The molecule has 1 N–H and O–H groups in total. The molecule has 0 unspecified atom stereocenters. The first-order chi connectivity index (χ1) is 12.7. The molecule has 0 saturated heterocycles. The van der Waals surface area contributed by atoms with Gasteiger partial charge in [-0.15, -0.1) is 16.9 Å². The Morgan fingerprint density at radius 2 is 1.85 bits per heavy atom. The quantitative estimate of drug-likeness (QED) is 0.635. The Bertz CT molecular complexity index is 883. The lowest BCUT2D eigenvalue weighted by molar-refractivity contribution is 0.102. The number of carbonyl (C=O) groups is 1. The Balaban J connectivity index is 1.62. The van der Waals surface area contributed by atoms with Crippen LogP contribution in [0.2, 0.25) is 0 Å². The van der Waals surface area contributed by atoms with E-state index in [1.807, 2.05) is 30.3 Å². The van der Waals surface area contributed by atoms with Gasteiger partial charge in [-0.2, -0.15) is 0 Å². The number of ether oxygens (including phenoxy) is 2. The second kappa shape index (κ2) is 8.39. The van der Waals surface area contributed by atoms with Gasteiger partial charge in [0.25, 0.3) is 5.91 Å². The van der Waals surface area contributed by atoms with E-state index in [4.69, 9.17) is 13.9 Å². The molecule has 0 fully saturated rings. The van der Waals surface area contributed by atoms with Gasteiger partial charge in [-0.3, -0.25) is 10.1 Å². The van der Waals surface area contributed by atoms with Crippen LogP contribution in [0.25, 0.3) is 0 Å². The fraction of sp³-hybridized carbons (Fsp3) is 0.167. The van der Waals surface area contributed by atoms with Gasteiger partial charge in [-0.1, -0.05) is 23.3 Å². The maximum atomic E-state index is 12.3. The molecule has 3 aromatic rings. The van der Waals surface area contributed by atoms with Crippen LogP contribution in [0.3, 0.4) is 0 Å². The van der Waals surface area contributed by atoms with Crippen molar-refractivity contribution in [3.05, 3.63) is 60.0 Å². The Kier molecular flexibility index (Phi) is 5.75. The third kappa shape index (κ3) is 4.34. The standard InChI is InChI=1S/C18H17N3O4S/c1-23-14-9-8-12(10-15(14)24-2)17(22)19-18-21-20-16(25-18)11-26-13-6-4-3-5-7-13/h3-10H,11H2,1-2H3,(H,19,21,22). The minimum absolute atomic E-state index is 0.0495. The molecule has 0 aliphatic rings. The van der Waals surface area contributed by atoms with E-state index in [2.05, 4.69) is 15.5 Å². The predicted molar refractivity (Wildman–Crippen MR) is 97.8 cm³/mol. The zero-order chi connectivity index (χ0) is 18.4. The van der Waals surface area contributed by atoms with Crippen LogP contribution >= 0.6 is 11.8 Å². The van der Waals surface area contributed by atoms with Crippen LogP contribution in [0.1, 0.15) is 16.2 Å². The molecular weight excluding hydrogens is 354 g/mol. The number of nitrogens with zero attached hydrogens (tertiary/aromatic N) is 2. The topological polar surface area (TPSA) is 86.5 Å². The molecular formula is C18H17N3O4S. The van der Waals surface area contributed by atoms with E-state index < -0.39 is 0 Å². The minimum Gasteiger partial charge on any atom is -0.493 e. The van der Waals surface area contributed by atoms with Gasteiger partial charge < -0.3 is 13.9 Å². The molecule has 0 atom stereocenters. The van der Waals surface area contributed by atoms with Crippen molar-refractivity contribution in [3.63, 3.8) is 0 Å². The number of benzene rings is 2. The molecule has 0 radical (unpaired) electrons. The molecule has 0 bridgehead atoms. The molecule has 0 saturated carbocycles. The lowest BCUT2D eigenvalue weighted by Gasteiger charge is -2.08. The van der Waals surface area contributed by atoms with E-state index in [0.29, 0.717) is 28.7 Å². The Hall–Kier alpha value is -3.00. The van der Waals surface area contributed by atoms with Crippen molar-refractivity contribution in [1.29, 1.82) is 0 Å². The Morgan fingerprint density at radius 3 is 2.58 bits per heavy atom. The van der Waals surface area contributed by atoms with Gasteiger partial charge in [0, 0.05) is 10.5 Å². The molecule has 26 heavy (non-hydrogen) atoms. The number of thioether (sulfide) groups is 1. The highest BCUT2D eigenvalue weighted by molar-refractivity contribution is 7.98. The molecule has 0 aliphatic carbocycles. The zero-order valence-electron chi connectivity index (χ0n) is 14.3. The number of aromatic nitrogens is 2. The van der Waals surface area contributed by atoms with Crippen molar-refractivity contribution in [1.82, 2.24) is 10.2 Å². The van der Waals surface area contributed by atoms with Crippen molar-refractivity contribution in [3.8, 4) is 11.5 Å². The number of anilines is 1. The summed E-state index contributed by atoms with van der Waals surface area (Å²) in [6, 6.07) is 14.8. The van der Waals surface area contributed by atoms with Crippen molar-refractivity contribution in [2.75, 3.05) is 19.5 Å². The van der Waals surface area contributed by atoms with E-state index >= 15 is 0 Å². The summed E-state index contributed by atoms with van der Waals surface area (Å²) in [4.78, 5) is 13.4. The fourth-order valence-electron chi connectivity index (χ4n) is 2.17. The number of methoxy groups -OCH3 is 2.